The molecule has 0 aliphatic heterocycles. The predicted octanol–water partition coefficient (Wildman–Crippen LogP) is 3.33. The summed E-state index contributed by atoms with van der Waals surface area (Å²) in [4.78, 5) is 4.74. The van der Waals surface area contributed by atoms with Crippen LogP contribution in [0, 0.1) is 0 Å². The second kappa shape index (κ2) is 5.95. The molecule has 0 aliphatic rings. The molecule has 110 valence electrons. The van der Waals surface area contributed by atoms with Gasteiger partial charge in [-0.2, -0.15) is 5.10 Å². The minimum absolute atomic E-state index is 0.858. The van der Waals surface area contributed by atoms with E-state index in [2.05, 4.69) is 37.4 Å². The fourth-order valence-corrected chi connectivity index (χ4v) is 3.62. The van der Waals surface area contributed by atoms with E-state index >= 15 is 0 Å². The van der Waals surface area contributed by atoms with E-state index in [0.29, 0.717) is 0 Å². The lowest BCUT2D eigenvalue weighted by Crippen LogP contribution is -2.09. The lowest BCUT2D eigenvalue weighted by atomic mass is 10.1. The average Bonchev–Trinajstić information content (AvgIpc) is 3.08. The van der Waals surface area contributed by atoms with Crippen LogP contribution in [-0.4, -0.2) is 21.8 Å². The molecule has 3 aromatic rings. The van der Waals surface area contributed by atoms with Crippen LogP contribution in [-0.2, 0) is 19.4 Å². The van der Waals surface area contributed by atoms with Crippen LogP contribution in [0.3, 0.4) is 0 Å². The molecule has 0 saturated heterocycles. The fraction of sp³-hybridized carbons (Fsp3) is 0.375. The molecular weight excluding hydrogens is 280 g/mol. The van der Waals surface area contributed by atoms with Crippen molar-refractivity contribution in [2.45, 2.75) is 33.2 Å². The fourth-order valence-electron chi connectivity index (χ4n) is 2.67. The van der Waals surface area contributed by atoms with Crippen LogP contribution in [0.15, 0.2) is 24.3 Å². The number of para-hydroxylation sites is 1. The molecule has 0 unspecified atom stereocenters. The number of aryl methyl sites for hydroxylation is 1. The summed E-state index contributed by atoms with van der Waals surface area (Å²) in [6.07, 6.45) is 1.90. The first-order chi connectivity index (χ1) is 10.3. The average molecular weight is 300 g/mol. The third-order valence-electron chi connectivity index (χ3n) is 3.66. The van der Waals surface area contributed by atoms with Crippen molar-refractivity contribution in [3.8, 4) is 5.13 Å². The summed E-state index contributed by atoms with van der Waals surface area (Å²) in [7, 11) is 1.98. The monoisotopic (exact) mass is 300 g/mol. The van der Waals surface area contributed by atoms with Gasteiger partial charge in [0, 0.05) is 12.1 Å². The van der Waals surface area contributed by atoms with Crippen LogP contribution in [0.5, 0.6) is 0 Å². The second-order valence-corrected chi connectivity index (χ2v) is 5.99. The molecule has 5 heteroatoms. The third-order valence-corrected chi connectivity index (χ3v) is 4.67. The Morgan fingerprint density at radius 2 is 2.00 bits per heavy atom. The van der Waals surface area contributed by atoms with Crippen LogP contribution < -0.4 is 5.32 Å². The molecule has 0 radical (unpaired) electrons. The van der Waals surface area contributed by atoms with Crippen molar-refractivity contribution < 1.29 is 0 Å². The molecule has 0 atom stereocenters. The second-order valence-electron chi connectivity index (χ2n) is 4.99. The van der Waals surface area contributed by atoms with E-state index in [9.17, 15) is 0 Å². The number of aromatic nitrogens is 3. The van der Waals surface area contributed by atoms with Gasteiger partial charge in [0.1, 0.15) is 0 Å². The minimum atomic E-state index is 0.858. The molecule has 0 fully saturated rings. The number of hydrogen-bond acceptors (Lipinski definition) is 4. The normalized spacial score (nSPS) is 11.4. The van der Waals surface area contributed by atoms with Crippen molar-refractivity contribution in [1.82, 2.24) is 20.1 Å². The quantitative estimate of drug-likeness (QED) is 0.786. The molecule has 0 aliphatic carbocycles. The van der Waals surface area contributed by atoms with Gasteiger partial charge < -0.3 is 5.32 Å². The smallest absolute Gasteiger partial charge is 0.211 e. The summed E-state index contributed by atoms with van der Waals surface area (Å²) >= 11 is 1.70. The highest BCUT2D eigenvalue weighted by atomic mass is 32.1. The van der Waals surface area contributed by atoms with Crippen LogP contribution in [0.1, 0.15) is 30.8 Å². The zero-order valence-corrected chi connectivity index (χ0v) is 13.5. The first kappa shape index (κ1) is 14.2. The maximum atomic E-state index is 4.81. The maximum absolute atomic E-state index is 4.81. The highest BCUT2D eigenvalue weighted by molar-refractivity contribution is 7.20. The molecule has 0 saturated carbocycles. The topological polar surface area (TPSA) is 42.7 Å². The zero-order valence-electron chi connectivity index (χ0n) is 12.7. The molecule has 0 bridgehead atoms. The maximum Gasteiger partial charge on any atom is 0.211 e. The number of thiazole rings is 1. The molecule has 1 aromatic carbocycles. The van der Waals surface area contributed by atoms with E-state index in [0.717, 1.165) is 30.0 Å². The Bertz CT molecular complexity index is 724. The largest absolute Gasteiger partial charge is 0.316 e. The summed E-state index contributed by atoms with van der Waals surface area (Å²) < 4.78 is 3.24. The zero-order chi connectivity index (χ0) is 14.8. The Kier molecular flexibility index (Phi) is 4.03. The van der Waals surface area contributed by atoms with Crippen molar-refractivity contribution in [3.63, 3.8) is 0 Å². The van der Waals surface area contributed by atoms with Gasteiger partial charge >= 0.3 is 0 Å². The van der Waals surface area contributed by atoms with Crippen LogP contribution in [0.4, 0.5) is 0 Å². The first-order valence-corrected chi connectivity index (χ1v) is 8.20. The summed E-state index contributed by atoms with van der Waals surface area (Å²) in [6.45, 7) is 5.19. The molecule has 21 heavy (non-hydrogen) atoms. The van der Waals surface area contributed by atoms with Gasteiger partial charge in [-0.15, -0.1) is 0 Å². The summed E-state index contributed by atoms with van der Waals surface area (Å²) in [6, 6.07) is 8.25. The Morgan fingerprint density at radius 3 is 2.67 bits per heavy atom. The molecule has 0 amide bonds. The number of nitrogens with zero attached hydrogens (tertiary/aromatic N) is 3. The van der Waals surface area contributed by atoms with Crippen molar-refractivity contribution in [2.75, 3.05) is 7.05 Å². The highest BCUT2D eigenvalue weighted by Gasteiger charge is 2.18. The number of fused-ring (bicyclic) bond motifs is 1. The summed E-state index contributed by atoms with van der Waals surface area (Å²) in [5.74, 6) is 0. The number of hydrogen-bond donors (Lipinski definition) is 1. The van der Waals surface area contributed by atoms with Crippen LogP contribution >= 0.6 is 11.3 Å². The molecule has 2 heterocycles. The van der Waals surface area contributed by atoms with Gasteiger partial charge in [0.05, 0.1) is 21.6 Å². The Hall–Kier alpha value is -1.72. The SMILES string of the molecule is CCc1nn(-c2nc3ccccc3s2)c(CC)c1CNC. The molecule has 0 spiro atoms. The predicted molar refractivity (Wildman–Crippen MR) is 88.3 cm³/mol. The minimum Gasteiger partial charge on any atom is -0.316 e. The summed E-state index contributed by atoms with van der Waals surface area (Å²) in [5.41, 5.74) is 4.80. The molecular formula is C16H20N4S. The number of rotatable bonds is 5. The van der Waals surface area contributed by atoms with Gasteiger partial charge in [-0.25, -0.2) is 9.67 Å². The van der Waals surface area contributed by atoms with Gasteiger partial charge in [-0.05, 0) is 32.0 Å². The molecule has 1 N–H and O–H groups in total. The molecule has 4 nitrogen and oxygen atoms in total. The van der Waals surface area contributed by atoms with E-state index in [4.69, 9.17) is 10.1 Å². The van der Waals surface area contributed by atoms with E-state index in [1.165, 1.54) is 21.7 Å². The van der Waals surface area contributed by atoms with Gasteiger partial charge in [0.2, 0.25) is 5.13 Å². The van der Waals surface area contributed by atoms with E-state index in [1.54, 1.807) is 11.3 Å². The van der Waals surface area contributed by atoms with Crippen molar-refractivity contribution in [1.29, 1.82) is 0 Å². The van der Waals surface area contributed by atoms with E-state index in [1.807, 2.05) is 17.8 Å². The number of benzene rings is 1. The van der Waals surface area contributed by atoms with E-state index < -0.39 is 0 Å². The molecule has 2 aromatic heterocycles. The lowest BCUT2D eigenvalue weighted by Gasteiger charge is -2.04. The number of nitrogens with one attached hydrogen (secondary N) is 1. The Balaban J connectivity index is 2.16. The van der Waals surface area contributed by atoms with Crippen molar-refractivity contribution in [3.05, 3.63) is 41.2 Å². The van der Waals surface area contributed by atoms with Crippen LogP contribution in [0.25, 0.3) is 15.3 Å². The van der Waals surface area contributed by atoms with Crippen molar-refractivity contribution >= 4 is 21.6 Å². The lowest BCUT2D eigenvalue weighted by molar-refractivity contribution is 0.777. The van der Waals surface area contributed by atoms with Gasteiger partial charge in [-0.3, -0.25) is 0 Å². The Morgan fingerprint density at radius 1 is 1.19 bits per heavy atom. The summed E-state index contributed by atoms with van der Waals surface area (Å²) in [5, 5.41) is 9.03. The third kappa shape index (κ3) is 2.47. The van der Waals surface area contributed by atoms with Crippen molar-refractivity contribution in [2.24, 2.45) is 0 Å². The first-order valence-electron chi connectivity index (χ1n) is 7.38. The standard InChI is InChI=1S/C16H20N4S/c1-4-12-11(10-17-3)14(5-2)20(19-12)16-18-13-8-6-7-9-15(13)21-16/h6-9,17H,4-5,10H2,1-3H3. The van der Waals surface area contributed by atoms with Crippen LogP contribution in [0.2, 0.25) is 0 Å². The van der Waals surface area contributed by atoms with Gasteiger partial charge in [-0.1, -0.05) is 37.3 Å². The highest BCUT2D eigenvalue weighted by Crippen LogP contribution is 2.27. The Labute approximate surface area is 128 Å². The van der Waals surface area contributed by atoms with Gasteiger partial charge in [0.25, 0.3) is 0 Å². The van der Waals surface area contributed by atoms with E-state index in [-0.39, 0.29) is 0 Å². The van der Waals surface area contributed by atoms with Gasteiger partial charge in [0.15, 0.2) is 0 Å². The molecule has 3 rings (SSSR count).